The Kier molecular flexibility index (Phi) is 5.35. The molecule has 0 aliphatic carbocycles. The molecule has 0 bridgehead atoms. The summed E-state index contributed by atoms with van der Waals surface area (Å²) in [7, 11) is 0. The lowest BCUT2D eigenvalue weighted by Gasteiger charge is -2.36. The van der Waals surface area contributed by atoms with Crippen molar-refractivity contribution in [3.05, 3.63) is 12.7 Å². The zero-order valence-corrected chi connectivity index (χ0v) is 15.4. The van der Waals surface area contributed by atoms with E-state index in [1.165, 1.54) is 0 Å². The van der Waals surface area contributed by atoms with E-state index in [9.17, 15) is 4.79 Å². The van der Waals surface area contributed by atoms with Crippen LogP contribution in [0.4, 0.5) is 5.82 Å². The third-order valence-electron chi connectivity index (χ3n) is 5.31. The van der Waals surface area contributed by atoms with Crippen molar-refractivity contribution in [2.75, 3.05) is 24.5 Å². The van der Waals surface area contributed by atoms with E-state index in [4.69, 9.17) is 5.26 Å². The molecule has 0 aromatic carbocycles. The van der Waals surface area contributed by atoms with Gasteiger partial charge in [0.05, 0.1) is 12.4 Å². The normalized spacial score (nSPS) is 19.7. The van der Waals surface area contributed by atoms with Crippen LogP contribution in [0.1, 0.15) is 46.0 Å². The van der Waals surface area contributed by atoms with Crippen LogP contribution in [0.2, 0.25) is 0 Å². The molecule has 1 N–H and O–H groups in total. The monoisotopic (exact) mass is 355 g/mol. The maximum Gasteiger partial charge on any atom is 0.237 e. The van der Waals surface area contributed by atoms with Gasteiger partial charge in [-0.15, -0.1) is 0 Å². The predicted octanol–water partition coefficient (Wildman–Crippen LogP) is 2.25. The zero-order valence-electron chi connectivity index (χ0n) is 15.4. The Bertz CT molecular complexity index is 811. The number of likely N-dealkylation sites (tertiary alicyclic amines) is 1. The second kappa shape index (κ2) is 7.68. The van der Waals surface area contributed by atoms with Gasteiger partial charge >= 0.3 is 0 Å². The van der Waals surface area contributed by atoms with Crippen LogP contribution in [0.3, 0.4) is 0 Å². The van der Waals surface area contributed by atoms with Gasteiger partial charge in [-0.3, -0.25) is 4.79 Å². The van der Waals surface area contributed by atoms with Gasteiger partial charge < -0.3 is 14.8 Å². The highest BCUT2D eigenvalue weighted by Crippen LogP contribution is 2.34. The SMILES string of the molecule is CCN(CCCC1(C)CCCN1C(=O)CC#N)c1ncnc2nc[nH]c12. The minimum Gasteiger partial charge on any atom is -0.355 e. The molecule has 3 heterocycles. The molecular formula is C18H25N7O. The molecule has 1 fully saturated rings. The van der Waals surface area contributed by atoms with E-state index < -0.39 is 0 Å². The van der Waals surface area contributed by atoms with Crippen molar-refractivity contribution >= 4 is 22.9 Å². The Balaban J connectivity index is 1.65. The largest absolute Gasteiger partial charge is 0.355 e. The van der Waals surface area contributed by atoms with Gasteiger partial charge in [0.1, 0.15) is 18.3 Å². The summed E-state index contributed by atoms with van der Waals surface area (Å²) in [6.07, 6.45) is 7.00. The van der Waals surface area contributed by atoms with E-state index >= 15 is 0 Å². The van der Waals surface area contributed by atoms with Crippen molar-refractivity contribution in [3.63, 3.8) is 0 Å². The number of nitriles is 1. The number of carbonyl (C=O) groups is 1. The highest BCUT2D eigenvalue weighted by Gasteiger charge is 2.38. The van der Waals surface area contributed by atoms with E-state index in [1.54, 1.807) is 12.7 Å². The zero-order chi connectivity index (χ0) is 18.6. The molecule has 138 valence electrons. The number of carbonyl (C=O) groups excluding carboxylic acids is 1. The topological polar surface area (TPSA) is 102 Å². The van der Waals surface area contributed by atoms with Crippen LogP contribution >= 0.6 is 0 Å². The summed E-state index contributed by atoms with van der Waals surface area (Å²) in [4.78, 5) is 32.2. The maximum atomic E-state index is 12.2. The Labute approximate surface area is 153 Å². The quantitative estimate of drug-likeness (QED) is 0.817. The number of fused-ring (bicyclic) bond motifs is 1. The molecule has 1 aliphatic heterocycles. The molecule has 0 saturated carbocycles. The van der Waals surface area contributed by atoms with E-state index in [2.05, 4.69) is 38.7 Å². The molecule has 0 radical (unpaired) electrons. The number of hydrogen-bond donors (Lipinski definition) is 1. The summed E-state index contributed by atoms with van der Waals surface area (Å²) in [6, 6.07) is 1.98. The first kappa shape index (κ1) is 18.1. The first-order valence-electron chi connectivity index (χ1n) is 9.15. The summed E-state index contributed by atoms with van der Waals surface area (Å²) in [5.41, 5.74) is 1.37. The number of aromatic nitrogens is 4. The van der Waals surface area contributed by atoms with Crippen LogP contribution in [0, 0.1) is 11.3 Å². The number of hydrogen-bond acceptors (Lipinski definition) is 6. The second-order valence-corrected chi connectivity index (χ2v) is 6.96. The van der Waals surface area contributed by atoms with Crippen molar-refractivity contribution in [2.45, 2.75) is 51.5 Å². The fourth-order valence-corrected chi connectivity index (χ4v) is 3.93. The van der Waals surface area contributed by atoms with Crippen LogP contribution < -0.4 is 4.90 Å². The Morgan fingerprint density at radius 1 is 1.46 bits per heavy atom. The number of nitrogens with one attached hydrogen (secondary N) is 1. The van der Waals surface area contributed by atoms with E-state index in [1.807, 2.05) is 11.0 Å². The fourth-order valence-electron chi connectivity index (χ4n) is 3.93. The summed E-state index contributed by atoms with van der Waals surface area (Å²) in [5.74, 6) is 0.818. The molecule has 1 unspecified atom stereocenters. The molecule has 8 nitrogen and oxygen atoms in total. The highest BCUT2D eigenvalue weighted by atomic mass is 16.2. The van der Waals surface area contributed by atoms with Gasteiger partial charge in [0, 0.05) is 25.2 Å². The van der Waals surface area contributed by atoms with Gasteiger partial charge in [-0.05, 0) is 39.5 Å². The molecular weight excluding hydrogens is 330 g/mol. The number of amides is 1. The van der Waals surface area contributed by atoms with Crippen molar-refractivity contribution in [1.29, 1.82) is 5.26 Å². The Hall–Kier alpha value is -2.69. The third-order valence-corrected chi connectivity index (χ3v) is 5.31. The lowest BCUT2D eigenvalue weighted by molar-refractivity contribution is -0.133. The van der Waals surface area contributed by atoms with Gasteiger partial charge in [-0.1, -0.05) is 0 Å². The number of anilines is 1. The second-order valence-electron chi connectivity index (χ2n) is 6.96. The lowest BCUT2D eigenvalue weighted by Crippen LogP contribution is -2.45. The minimum atomic E-state index is -0.150. The van der Waals surface area contributed by atoms with Gasteiger partial charge in [0.15, 0.2) is 11.5 Å². The summed E-state index contributed by atoms with van der Waals surface area (Å²) in [5, 5.41) is 8.82. The summed E-state index contributed by atoms with van der Waals surface area (Å²) >= 11 is 0. The Morgan fingerprint density at radius 3 is 3.08 bits per heavy atom. The van der Waals surface area contributed by atoms with Gasteiger partial charge in [0.2, 0.25) is 5.91 Å². The smallest absolute Gasteiger partial charge is 0.237 e. The molecule has 1 aliphatic rings. The number of rotatable bonds is 7. The van der Waals surface area contributed by atoms with Crippen LogP contribution in [-0.2, 0) is 4.79 Å². The average Bonchev–Trinajstić information content (AvgIpc) is 3.25. The molecule has 1 saturated heterocycles. The molecule has 2 aromatic heterocycles. The van der Waals surface area contributed by atoms with Crippen molar-refractivity contribution in [1.82, 2.24) is 24.8 Å². The highest BCUT2D eigenvalue weighted by molar-refractivity contribution is 5.82. The van der Waals surface area contributed by atoms with Crippen LogP contribution in [0.25, 0.3) is 11.2 Å². The minimum absolute atomic E-state index is 0.0323. The molecule has 1 atom stereocenters. The van der Waals surface area contributed by atoms with E-state index in [0.717, 1.165) is 56.7 Å². The van der Waals surface area contributed by atoms with Crippen molar-refractivity contribution in [3.8, 4) is 6.07 Å². The first-order chi connectivity index (χ1) is 12.6. The maximum absolute atomic E-state index is 12.2. The van der Waals surface area contributed by atoms with Crippen molar-refractivity contribution in [2.24, 2.45) is 0 Å². The average molecular weight is 355 g/mol. The van der Waals surface area contributed by atoms with Gasteiger partial charge in [-0.2, -0.15) is 5.26 Å². The van der Waals surface area contributed by atoms with Gasteiger partial charge in [-0.25, -0.2) is 15.0 Å². The molecule has 1 amide bonds. The standard InChI is InChI=1S/C18H25N7O/c1-3-24(17-15-16(21-12-20-15)22-13-23-17)10-4-7-18(2)8-5-11-25(18)14(26)6-9-19/h12-13H,3-8,10-11H2,1-2H3,(H,20,21,22,23). The number of aromatic amines is 1. The van der Waals surface area contributed by atoms with Crippen LogP contribution in [-0.4, -0.2) is 55.9 Å². The van der Waals surface area contributed by atoms with Gasteiger partial charge in [0.25, 0.3) is 0 Å². The number of H-pyrrole nitrogens is 1. The Morgan fingerprint density at radius 2 is 2.31 bits per heavy atom. The number of nitrogens with zero attached hydrogens (tertiary/aromatic N) is 6. The van der Waals surface area contributed by atoms with E-state index in [0.29, 0.717) is 5.65 Å². The molecule has 2 aromatic rings. The summed E-state index contributed by atoms with van der Waals surface area (Å²) in [6.45, 7) is 6.68. The third kappa shape index (κ3) is 3.47. The van der Waals surface area contributed by atoms with Crippen LogP contribution in [0.5, 0.6) is 0 Å². The van der Waals surface area contributed by atoms with Crippen LogP contribution in [0.15, 0.2) is 12.7 Å². The van der Waals surface area contributed by atoms with Crippen molar-refractivity contribution < 1.29 is 4.79 Å². The first-order valence-corrected chi connectivity index (χ1v) is 9.15. The molecule has 26 heavy (non-hydrogen) atoms. The molecule has 0 spiro atoms. The molecule has 3 rings (SSSR count). The lowest BCUT2D eigenvalue weighted by atomic mass is 9.92. The van der Waals surface area contributed by atoms with E-state index in [-0.39, 0.29) is 17.9 Å². The summed E-state index contributed by atoms with van der Waals surface area (Å²) < 4.78 is 0. The fraction of sp³-hybridized carbons (Fsp3) is 0.611. The number of imidazole rings is 1. The predicted molar refractivity (Wildman–Crippen MR) is 98.4 cm³/mol. The molecule has 8 heteroatoms.